The van der Waals surface area contributed by atoms with Crippen molar-refractivity contribution >= 4 is 11.6 Å². The zero-order valence-electron chi connectivity index (χ0n) is 10.9. The maximum absolute atomic E-state index is 5.99. The van der Waals surface area contributed by atoms with Gasteiger partial charge < -0.3 is 9.64 Å². The molecule has 1 saturated heterocycles. The van der Waals surface area contributed by atoms with Crippen LogP contribution >= 0.6 is 11.6 Å². The molecule has 0 atom stereocenters. The molecule has 0 aliphatic carbocycles. The van der Waals surface area contributed by atoms with Gasteiger partial charge in [-0.05, 0) is 24.7 Å². The molecule has 1 aliphatic rings. The molecule has 0 amide bonds. The van der Waals surface area contributed by atoms with Crippen LogP contribution in [0.3, 0.4) is 0 Å². The molecule has 0 radical (unpaired) electrons. The second-order valence-corrected chi connectivity index (χ2v) is 5.26. The summed E-state index contributed by atoms with van der Waals surface area (Å²) in [6, 6.07) is 8.08. The highest BCUT2D eigenvalue weighted by Gasteiger charge is 2.10. The van der Waals surface area contributed by atoms with Crippen molar-refractivity contribution in [3.05, 3.63) is 34.9 Å². The highest BCUT2D eigenvalue weighted by Crippen LogP contribution is 2.12. The van der Waals surface area contributed by atoms with Gasteiger partial charge in [0.25, 0.3) is 0 Å². The van der Waals surface area contributed by atoms with Crippen LogP contribution in [0.25, 0.3) is 0 Å². The average Bonchev–Trinajstić information content (AvgIpc) is 2.38. The Morgan fingerprint density at radius 1 is 1.33 bits per heavy atom. The summed E-state index contributed by atoms with van der Waals surface area (Å²) in [4.78, 5) is 4.79. The number of hydrogen-bond acceptors (Lipinski definition) is 3. The lowest BCUT2D eigenvalue weighted by atomic mass is 10.2. The van der Waals surface area contributed by atoms with E-state index in [2.05, 4.69) is 22.9 Å². The van der Waals surface area contributed by atoms with Crippen LogP contribution in [0, 0.1) is 0 Å². The van der Waals surface area contributed by atoms with Crippen molar-refractivity contribution in [2.24, 2.45) is 0 Å². The summed E-state index contributed by atoms with van der Waals surface area (Å²) in [7, 11) is 2.15. The van der Waals surface area contributed by atoms with Crippen molar-refractivity contribution in [2.45, 2.75) is 6.54 Å². The maximum Gasteiger partial charge on any atom is 0.0594 e. The molecule has 0 aromatic heterocycles. The Labute approximate surface area is 114 Å². The average molecular weight is 269 g/mol. The largest absolute Gasteiger partial charge is 0.379 e. The van der Waals surface area contributed by atoms with E-state index in [9.17, 15) is 0 Å². The quantitative estimate of drug-likeness (QED) is 0.814. The number of rotatable bonds is 5. The lowest BCUT2D eigenvalue weighted by Gasteiger charge is -2.28. The summed E-state index contributed by atoms with van der Waals surface area (Å²) in [6.45, 7) is 7.00. The molecule has 0 unspecified atom stereocenters. The lowest BCUT2D eigenvalue weighted by Crippen LogP contribution is -2.40. The second-order valence-electron chi connectivity index (χ2n) is 4.82. The SMILES string of the molecule is CN(CCN1CCOCC1)Cc1cccc(Cl)c1. The zero-order chi connectivity index (χ0) is 12.8. The zero-order valence-corrected chi connectivity index (χ0v) is 11.7. The van der Waals surface area contributed by atoms with E-state index in [1.807, 2.05) is 18.2 Å². The van der Waals surface area contributed by atoms with Crippen LogP contribution in [0.2, 0.25) is 5.02 Å². The first-order chi connectivity index (χ1) is 8.74. The number of nitrogens with zero attached hydrogens (tertiary/aromatic N) is 2. The lowest BCUT2D eigenvalue weighted by molar-refractivity contribution is 0.0342. The molecule has 0 spiro atoms. The highest BCUT2D eigenvalue weighted by molar-refractivity contribution is 6.30. The fourth-order valence-electron chi connectivity index (χ4n) is 2.16. The number of likely N-dealkylation sites (N-methyl/N-ethyl adjacent to an activating group) is 1. The molecule has 1 aromatic carbocycles. The van der Waals surface area contributed by atoms with Gasteiger partial charge in [0.2, 0.25) is 0 Å². The first-order valence-electron chi connectivity index (χ1n) is 6.47. The highest BCUT2D eigenvalue weighted by atomic mass is 35.5. The van der Waals surface area contributed by atoms with Crippen LogP contribution in [0.4, 0.5) is 0 Å². The van der Waals surface area contributed by atoms with Gasteiger partial charge in [-0.15, -0.1) is 0 Å². The van der Waals surface area contributed by atoms with Gasteiger partial charge in [0.15, 0.2) is 0 Å². The summed E-state index contributed by atoms with van der Waals surface area (Å²) < 4.78 is 5.35. The predicted octanol–water partition coefficient (Wildman–Crippen LogP) is 2.10. The van der Waals surface area contributed by atoms with Crippen LogP contribution in [-0.4, -0.2) is 56.2 Å². The molecule has 18 heavy (non-hydrogen) atoms. The topological polar surface area (TPSA) is 15.7 Å². The number of morpholine rings is 1. The number of halogens is 1. The minimum Gasteiger partial charge on any atom is -0.379 e. The molecular formula is C14H21ClN2O. The molecule has 0 N–H and O–H groups in total. The van der Waals surface area contributed by atoms with Crippen molar-refractivity contribution in [3.63, 3.8) is 0 Å². The van der Waals surface area contributed by atoms with Crippen molar-refractivity contribution in [1.82, 2.24) is 9.80 Å². The van der Waals surface area contributed by atoms with Crippen LogP contribution in [-0.2, 0) is 11.3 Å². The van der Waals surface area contributed by atoms with Crippen molar-refractivity contribution in [3.8, 4) is 0 Å². The van der Waals surface area contributed by atoms with Crippen molar-refractivity contribution in [2.75, 3.05) is 46.4 Å². The molecule has 0 saturated carbocycles. The minimum absolute atomic E-state index is 0.814. The first kappa shape index (κ1) is 13.8. The monoisotopic (exact) mass is 268 g/mol. The molecule has 1 aromatic rings. The van der Waals surface area contributed by atoms with Crippen LogP contribution < -0.4 is 0 Å². The van der Waals surface area contributed by atoms with E-state index in [0.717, 1.165) is 51.0 Å². The molecule has 0 bridgehead atoms. The second kappa shape index (κ2) is 7.10. The van der Waals surface area contributed by atoms with Crippen molar-refractivity contribution in [1.29, 1.82) is 0 Å². The third kappa shape index (κ3) is 4.58. The van der Waals surface area contributed by atoms with Gasteiger partial charge >= 0.3 is 0 Å². The first-order valence-corrected chi connectivity index (χ1v) is 6.85. The standard InChI is InChI=1S/C14H21ClN2O/c1-16(5-6-17-7-9-18-10-8-17)12-13-3-2-4-14(15)11-13/h2-4,11H,5-10,12H2,1H3. The van der Waals surface area contributed by atoms with E-state index in [1.54, 1.807) is 0 Å². The van der Waals surface area contributed by atoms with E-state index in [-0.39, 0.29) is 0 Å². The Morgan fingerprint density at radius 2 is 2.11 bits per heavy atom. The molecule has 1 fully saturated rings. The Kier molecular flexibility index (Phi) is 5.45. The van der Waals surface area contributed by atoms with Gasteiger partial charge in [0.05, 0.1) is 13.2 Å². The minimum atomic E-state index is 0.814. The van der Waals surface area contributed by atoms with E-state index in [0.29, 0.717) is 0 Å². The maximum atomic E-state index is 5.99. The normalized spacial score (nSPS) is 17.3. The van der Waals surface area contributed by atoms with Gasteiger partial charge in [0, 0.05) is 37.7 Å². The molecule has 1 aliphatic heterocycles. The van der Waals surface area contributed by atoms with Gasteiger partial charge in [0.1, 0.15) is 0 Å². The van der Waals surface area contributed by atoms with E-state index in [1.165, 1.54) is 5.56 Å². The molecule has 2 rings (SSSR count). The predicted molar refractivity (Wildman–Crippen MR) is 75.0 cm³/mol. The van der Waals surface area contributed by atoms with E-state index < -0.39 is 0 Å². The van der Waals surface area contributed by atoms with Gasteiger partial charge in [-0.1, -0.05) is 23.7 Å². The fraction of sp³-hybridized carbons (Fsp3) is 0.571. The van der Waals surface area contributed by atoms with Gasteiger partial charge in [-0.25, -0.2) is 0 Å². The van der Waals surface area contributed by atoms with Crippen LogP contribution in [0.5, 0.6) is 0 Å². The third-order valence-corrected chi connectivity index (χ3v) is 3.48. The Balaban J connectivity index is 1.72. The van der Waals surface area contributed by atoms with Crippen molar-refractivity contribution < 1.29 is 4.74 Å². The Hall–Kier alpha value is -0.610. The fourth-order valence-corrected chi connectivity index (χ4v) is 2.38. The van der Waals surface area contributed by atoms with E-state index >= 15 is 0 Å². The van der Waals surface area contributed by atoms with Crippen LogP contribution in [0.15, 0.2) is 24.3 Å². The smallest absolute Gasteiger partial charge is 0.0594 e. The molecule has 1 heterocycles. The van der Waals surface area contributed by atoms with Gasteiger partial charge in [-0.2, -0.15) is 0 Å². The summed E-state index contributed by atoms with van der Waals surface area (Å²) in [6.07, 6.45) is 0. The molecule has 3 nitrogen and oxygen atoms in total. The Bertz CT molecular complexity index is 367. The number of benzene rings is 1. The summed E-state index contributed by atoms with van der Waals surface area (Å²) >= 11 is 5.99. The van der Waals surface area contributed by atoms with Gasteiger partial charge in [-0.3, -0.25) is 4.90 Å². The molecule has 100 valence electrons. The Morgan fingerprint density at radius 3 is 2.83 bits per heavy atom. The summed E-state index contributed by atoms with van der Waals surface area (Å²) in [5, 5.41) is 0.814. The third-order valence-electron chi connectivity index (χ3n) is 3.24. The van der Waals surface area contributed by atoms with Crippen LogP contribution in [0.1, 0.15) is 5.56 Å². The van der Waals surface area contributed by atoms with E-state index in [4.69, 9.17) is 16.3 Å². The summed E-state index contributed by atoms with van der Waals surface area (Å²) in [5.41, 5.74) is 1.27. The number of hydrogen-bond donors (Lipinski definition) is 0. The number of ether oxygens (including phenoxy) is 1. The molecular weight excluding hydrogens is 248 g/mol. The molecule has 4 heteroatoms. The summed E-state index contributed by atoms with van der Waals surface area (Å²) in [5.74, 6) is 0.